The van der Waals surface area contributed by atoms with Gasteiger partial charge in [0, 0.05) is 18.3 Å². The molecule has 0 radical (unpaired) electrons. The minimum absolute atomic E-state index is 0.143. The average Bonchev–Trinajstić information content (AvgIpc) is 3.39. The first kappa shape index (κ1) is 25.0. The monoisotopic (exact) mass is 505 g/mol. The summed E-state index contributed by atoms with van der Waals surface area (Å²) >= 11 is 0. The van der Waals surface area contributed by atoms with Crippen LogP contribution in [0, 0.1) is 17.7 Å². The number of nitrogens with zero attached hydrogens (tertiary/aromatic N) is 4. The maximum Gasteiger partial charge on any atom is 0.333 e. The molecule has 4 atom stereocenters. The second-order valence-electron chi connectivity index (χ2n) is 8.46. The molecule has 35 heavy (non-hydrogen) atoms. The van der Waals surface area contributed by atoms with Crippen LogP contribution >= 0.6 is 0 Å². The third-order valence-corrected chi connectivity index (χ3v) is 6.46. The standard InChI is InChI=1S/C22H24FN5O6S/c23-16-3-1-13(2-4-16)10-28-6-5-18(27-28)22(31)17-9-25-12-26-19(17)8-14-7-15(21(30)20(14)29)11-34-35(24,32)33/h1-6,9,12,14-15,20-21,29-30H,7-8,10-11H2,(H2,24,32,33)/t14-,15+,20-,21+/m0/s1. The summed E-state index contributed by atoms with van der Waals surface area (Å²) in [5.41, 5.74) is 1.54. The zero-order valence-corrected chi connectivity index (χ0v) is 19.3. The fourth-order valence-corrected chi connectivity index (χ4v) is 4.58. The van der Waals surface area contributed by atoms with Gasteiger partial charge in [0.15, 0.2) is 0 Å². The van der Waals surface area contributed by atoms with Crippen molar-refractivity contribution in [2.24, 2.45) is 17.0 Å². The normalized spacial score (nSPS) is 22.4. The van der Waals surface area contributed by atoms with Crippen molar-refractivity contribution >= 4 is 16.1 Å². The number of ketones is 1. The lowest BCUT2D eigenvalue weighted by Crippen LogP contribution is -2.31. The lowest BCUT2D eigenvalue weighted by atomic mass is 9.95. The Morgan fingerprint density at radius 3 is 2.60 bits per heavy atom. The minimum Gasteiger partial charge on any atom is -0.390 e. The molecule has 1 fully saturated rings. The molecule has 3 aromatic rings. The molecular weight excluding hydrogens is 481 g/mol. The van der Waals surface area contributed by atoms with Crippen molar-refractivity contribution in [2.75, 3.05) is 6.61 Å². The average molecular weight is 506 g/mol. The lowest BCUT2D eigenvalue weighted by molar-refractivity contribution is -0.00334. The van der Waals surface area contributed by atoms with Crippen molar-refractivity contribution in [2.45, 2.75) is 31.6 Å². The Hall–Kier alpha value is -3.10. The van der Waals surface area contributed by atoms with Gasteiger partial charge in [-0.05, 0) is 42.5 Å². The molecule has 0 saturated heterocycles. The Bertz CT molecular complexity index is 1300. The fraction of sp³-hybridized carbons (Fsp3) is 0.364. The zero-order chi connectivity index (χ0) is 25.2. The largest absolute Gasteiger partial charge is 0.390 e. The first-order chi connectivity index (χ1) is 16.6. The molecular formula is C22H24FN5O6S. The van der Waals surface area contributed by atoms with Gasteiger partial charge in [0.1, 0.15) is 17.8 Å². The zero-order valence-electron chi connectivity index (χ0n) is 18.4. The highest BCUT2D eigenvalue weighted by Crippen LogP contribution is 2.34. The van der Waals surface area contributed by atoms with Gasteiger partial charge in [-0.3, -0.25) is 13.7 Å². The molecule has 0 spiro atoms. The predicted octanol–water partition coefficient (Wildman–Crippen LogP) is 0.212. The molecule has 4 rings (SSSR count). The van der Waals surface area contributed by atoms with Crippen LogP contribution in [0.1, 0.15) is 33.7 Å². The molecule has 11 nitrogen and oxygen atoms in total. The minimum atomic E-state index is -4.18. The molecule has 1 saturated carbocycles. The Morgan fingerprint density at radius 2 is 1.89 bits per heavy atom. The van der Waals surface area contributed by atoms with Crippen molar-refractivity contribution in [1.29, 1.82) is 0 Å². The summed E-state index contributed by atoms with van der Waals surface area (Å²) in [6, 6.07) is 7.50. The number of hydrogen-bond acceptors (Lipinski definition) is 9. The van der Waals surface area contributed by atoms with Gasteiger partial charge in [-0.2, -0.15) is 13.5 Å². The van der Waals surface area contributed by atoms with Gasteiger partial charge in [-0.1, -0.05) is 12.1 Å². The summed E-state index contributed by atoms with van der Waals surface area (Å²) in [4.78, 5) is 21.3. The van der Waals surface area contributed by atoms with Crippen LogP contribution in [-0.4, -0.2) is 63.0 Å². The summed E-state index contributed by atoms with van der Waals surface area (Å²) in [5, 5.41) is 29.9. The van der Waals surface area contributed by atoms with Crippen LogP contribution in [0.25, 0.3) is 0 Å². The molecule has 1 aromatic carbocycles. The van der Waals surface area contributed by atoms with Gasteiger partial charge in [0.05, 0.1) is 36.6 Å². The molecule has 13 heteroatoms. The molecule has 2 heterocycles. The molecule has 1 aliphatic rings. The second kappa shape index (κ2) is 10.3. The Kier molecular flexibility index (Phi) is 7.33. The summed E-state index contributed by atoms with van der Waals surface area (Å²) in [7, 11) is -4.18. The van der Waals surface area contributed by atoms with E-state index in [0.29, 0.717) is 12.2 Å². The summed E-state index contributed by atoms with van der Waals surface area (Å²) in [5.74, 6) is -1.92. The molecule has 0 aliphatic heterocycles. The lowest BCUT2D eigenvalue weighted by Gasteiger charge is -2.17. The Labute approximate surface area is 200 Å². The number of aliphatic hydroxyl groups excluding tert-OH is 2. The van der Waals surface area contributed by atoms with Crippen LogP contribution < -0.4 is 5.14 Å². The van der Waals surface area contributed by atoms with E-state index in [-0.39, 0.29) is 36.5 Å². The van der Waals surface area contributed by atoms with Gasteiger partial charge in [-0.25, -0.2) is 19.5 Å². The van der Waals surface area contributed by atoms with Gasteiger partial charge in [-0.15, -0.1) is 0 Å². The summed E-state index contributed by atoms with van der Waals surface area (Å²) < 4.78 is 41.3. The number of benzene rings is 1. The van der Waals surface area contributed by atoms with Crippen LogP contribution in [0.15, 0.2) is 49.1 Å². The highest BCUT2D eigenvalue weighted by Gasteiger charge is 2.42. The molecule has 4 N–H and O–H groups in total. The van der Waals surface area contributed by atoms with E-state index in [1.807, 2.05) is 0 Å². The number of aromatic nitrogens is 4. The van der Waals surface area contributed by atoms with Gasteiger partial charge in [0.2, 0.25) is 5.78 Å². The van der Waals surface area contributed by atoms with E-state index in [1.54, 1.807) is 29.1 Å². The molecule has 0 bridgehead atoms. The van der Waals surface area contributed by atoms with E-state index < -0.39 is 40.1 Å². The molecule has 0 amide bonds. The molecule has 2 aromatic heterocycles. The van der Waals surface area contributed by atoms with E-state index in [4.69, 9.17) is 5.14 Å². The van der Waals surface area contributed by atoms with Crippen molar-refractivity contribution in [3.63, 3.8) is 0 Å². The summed E-state index contributed by atoms with van der Waals surface area (Å²) in [6.45, 7) is -0.0194. The van der Waals surface area contributed by atoms with Gasteiger partial charge >= 0.3 is 10.3 Å². The topological polar surface area (TPSA) is 171 Å². The number of aliphatic hydroxyl groups is 2. The predicted molar refractivity (Wildman–Crippen MR) is 120 cm³/mol. The van der Waals surface area contributed by atoms with Crippen molar-refractivity contribution in [3.8, 4) is 0 Å². The summed E-state index contributed by atoms with van der Waals surface area (Å²) in [6.07, 6.45) is 2.27. The van der Waals surface area contributed by atoms with Gasteiger partial charge < -0.3 is 10.2 Å². The van der Waals surface area contributed by atoms with Crippen LogP contribution in [0.4, 0.5) is 4.39 Å². The SMILES string of the molecule is NS(=O)(=O)OC[C@H]1C[C@@H](Cc2ncncc2C(=O)c2ccn(Cc3ccc(F)cc3)n2)[C@H](O)[C@@H]1O. The van der Waals surface area contributed by atoms with Gasteiger partial charge in [0.25, 0.3) is 0 Å². The first-order valence-electron chi connectivity index (χ1n) is 10.8. The molecule has 186 valence electrons. The number of rotatable bonds is 9. The van der Waals surface area contributed by atoms with Crippen molar-refractivity contribution < 1.29 is 32.0 Å². The third-order valence-electron chi connectivity index (χ3n) is 5.99. The Morgan fingerprint density at radius 1 is 1.17 bits per heavy atom. The van der Waals surface area contributed by atoms with Crippen molar-refractivity contribution in [3.05, 3.63) is 77.4 Å². The van der Waals surface area contributed by atoms with Crippen LogP contribution in [-0.2, 0) is 27.5 Å². The fourth-order valence-electron chi connectivity index (χ4n) is 4.22. The molecule has 0 unspecified atom stereocenters. The number of carbonyl (C=O) groups is 1. The van der Waals surface area contributed by atoms with Crippen LogP contribution in [0.5, 0.6) is 0 Å². The third kappa shape index (κ3) is 6.13. The smallest absolute Gasteiger partial charge is 0.333 e. The first-order valence-corrected chi connectivity index (χ1v) is 12.2. The van der Waals surface area contributed by atoms with Crippen molar-refractivity contribution in [1.82, 2.24) is 19.7 Å². The number of halogens is 1. The van der Waals surface area contributed by atoms with Crippen LogP contribution in [0.2, 0.25) is 0 Å². The van der Waals surface area contributed by atoms with E-state index in [9.17, 15) is 27.8 Å². The number of hydrogen-bond donors (Lipinski definition) is 3. The Balaban J connectivity index is 1.47. The van der Waals surface area contributed by atoms with E-state index in [0.717, 1.165) is 5.56 Å². The van der Waals surface area contributed by atoms with E-state index >= 15 is 0 Å². The maximum atomic E-state index is 13.2. The van der Waals surface area contributed by atoms with E-state index in [1.165, 1.54) is 24.7 Å². The maximum absolute atomic E-state index is 13.2. The second-order valence-corrected chi connectivity index (χ2v) is 9.68. The van der Waals surface area contributed by atoms with Crippen LogP contribution in [0.3, 0.4) is 0 Å². The quantitative estimate of drug-likeness (QED) is 0.344. The molecule has 1 aliphatic carbocycles. The number of carbonyl (C=O) groups excluding carboxylic acids is 1. The number of nitrogens with two attached hydrogens (primary N) is 1. The highest BCUT2D eigenvalue weighted by molar-refractivity contribution is 7.84. The van der Waals surface area contributed by atoms with E-state index in [2.05, 4.69) is 19.2 Å². The highest BCUT2D eigenvalue weighted by atomic mass is 32.2.